The lowest BCUT2D eigenvalue weighted by atomic mass is 10.1. The third-order valence-corrected chi connectivity index (χ3v) is 6.54. The number of nitrogens with zero attached hydrogens (tertiary/aromatic N) is 4. The molecule has 0 saturated carbocycles. The average molecular weight is 452 g/mol. The minimum atomic E-state index is -0.0760. The second-order valence-corrected chi connectivity index (χ2v) is 8.89. The molecule has 7 nitrogen and oxygen atoms in total. The van der Waals surface area contributed by atoms with Gasteiger partial charge in [-0.05, 0) is 56.1 Å². The number of amides is 1. The third kappa shape index (κ3) is 4.98. The van der Waals surface area contributed by atoms with E-state index in [0.29, 0.717) is 36.9 Å². The van der Waals surface area contributed by atoms with Crippen molar-refractivity contribution in [3.05, 3.63) is 69.8 Å². The molecule has 168 valence electrons. The van der Waals surface area contributed by atoms with Crippen molar-refractivity contribution < 1.29 is 9.53 Å². The van der Waals surface area contributed by atoms with Crippen molar-refractivity contribution in [2.75, 3.05) is 43.5 Å². The van der Waals surface area contributed by atoms with E-state index in [2.05, 4.69) is 32.8 Å². The predicted molar refractivity (Wildman–Crippen MR) is 129 cm³/mol. The van der Waals surface area contributed by atoms with Gasteiger partial charge in [-0.15, -0.1) is 11.3 Å². The standard InChI is InChI=1S/C24H29N5O2S/c1-17-26-15-20-23(27-17)28(3)11-12-29(24(20)30)19-7-4-6-18(14-19)16-31-21(9-10-25-2)22-8-5-13-32-22/h4-8,13-15,21,25H,9-12,16H2,1-3H3/t21-/m1/s1. The number of benzene rings is 1. The van der Waals surface area contributed by atoms with Crippen LogP contribution in [0, 0.1) is 6.92 Å². The number of hydrogen-bond donors (Lipinski definition) is 1. The number of fused-ring (bicyclic) bond motifs is 1. The van der Waals surface area contributed by atoms with Crippen LogP contribution in [0.5, 0.6) is 0 Å². The Morgan fingerprint density at radius 3 is 2.91 bits per heavy atom. The number of carbonyl (C=O) groups excluding carboxylic acids is 1. The van der Waals surface area contributed by atoms with Gasteiger partial charge in [-0.3, -0.25) is 4.79 Å². The quantitative estimate of drug-likeness (QED) is 0.562. The van der Waals surface area contributed by atoms with E-state index in [9.17, 15) is 4.79 Å². The largest absolute Gasteiger partial charge is 0.368 e. The van der Waals surface area contributed by atoms with E-state index in [1.165, 1.54) is 4.88 Å². The molecule has 0 radical (unpaired) electrons. The van der Waals surface area contributed by atoms with Crippen molar-refractivity contribution in [2.45, 2.75) is 26.1 Å². The van der Waals surface area contributed by atoms with Crippen LogP contribution in [0.2, 0.25) is 0 Å². The molecule has 1 aliphatic heterocycles. The van der Waals surface area contributed by atoms with Crippen molar-refractivity contribution in [2.24, 2.45) is 0 Å². The van der Waals surface area contributed by atoms with Gasteiger partial charge in [0.25, 0.3) is 5.91 Å². The number of ether oxygens (including phenoxy) is 1. The molecule has 0 spiro atoms. The van der Waals surface area contributed by atoms with Crippen LogP contribution in [-0.4, -0.2) is 49.6 Å². The fourth-order valence-corrected chi connectivity index (χ4v) is 4.63. The molecule has 4 rings (SSSR count). The number of likely N-dealkylation sites (N-methyl/N-ethyl adjacent to an activating group) is 1. The Kier molecular flexibility index (Phi) is 7.14. The number of carbonyl (C=O) groups is 1. The maximum atomic E-state index is 13.3. The Morgan fingerprint density at radius 2 is 2.12 bits per heavy atom. The number of nitrogens with one attached hydrogen (secondary N) is 1. The zero-order valence-corrected chi connectivity index (χ0v) is 19.6. The number of anilines is 2. The van der Waals surface area contributed by atoms with Gasteiger partial charge >= 0.3 is 0 Å². The van der Waals surface area contributed by atoms with E-state index in [1.54, 1.807) is 17.5 Å². The molecule has 3 aromatic rings. The molecule has 0 unspecified atom stereocenters. The highest BCUT2D eigenvalue weighted by atomic mass is 32.1. The minimum Gasteiger partial charge on any atom is -0.368 e. The van der Waals surface area contributed by atoms with Crippen LogP contribution in [0.1, 0.15) is 39.1 Å². The fourth-order valence-electron chi connectivity index (χ4n) is 3.82. The Morgan fingerprint density at radius 1 is 1.25 bits per heavy atom. The second-order valence-electron chi connectivity index (χ2n) is 7.91. The van der Waals surface area contributed by atoms with Gasteiger partial charge in [-0.1, -0.05) is 18.2 Å². The number of thiophene rings is 1. The highest BCUT2D eigenvalue weighted by Crippen LogP contribution is 2.29. The van der Waals surface area contributed by atoms with Gasteiger partial charge in [0.15, 0.2) is 0 Å². The van der Waals surface area contributed by atoms with Gasteiger partial charge in [0.1, 0.15) is 17.2 Å². The molecule has 0 aliphatic carbocycles. The van der Waals surface area contributed by atoms with E-state index in [-0.39, 0.29) is 12.0 Å². The first-order valence-electron chi connectivity index (χ1n) is 10.8. The molecule has 0 saturated heterocycles. The predicted octanol–water partition coefficient (Wildman–Crippen LogP) is 3.81. The van der Waals surface area contributed by atoms with Crippen LogP contribution in [0.25, 0.3) is 0 Å². The molecule has 8 heteroatoms. The molecule has 1 amide bonds. The van der Waals surface area contributed by atoms with E-state index in [0.717, 1.165) is 24.2 Å². The van der Waals surface area contributed by atoms with Gasteiger partial charge in [0.05, 0.1) is 12.7 Å². The number of aromatic nitrogens is 2. The second kappa shape index (κ2) is 10.2. The number of aryl methyl sites for hydroxylation is 1. The minimum absolute atomic E-state index is 0.0480. The van der Waals surface area contributed by atoms with Crippen molar-refractivity contribution in [1.29, 1.82) is 0 Å². The van der Waals surface area contributed by atoms with Gasteiger partial charge in [-0.25, -0.2) is 9.97 Å². The van der Waals surface area contributed by atoms with E-state index in [4.69, 9.17) is 4.74 Å². The molecule has 0 bridgehead atoms. The Balaban J connectivity index is 1.52. The zero-order chi connectivity index (χ0) is 22.5. The molecule has 2 aromatic heterocycles. The molecule has 3 heterocycles. The lowest BCUT2D eigenvalue weighted by Crippen LogP contribution is -2.33. The van der Waals surface area contributed by atoms with E-state index in [1.807, 2.05) is 55.1 Å². The molecule has 1 aromatic carbocycles. The van der Waals surface area contributed by atoms with Crippen LogP contribution < -0.4 is 15.1 Å². The van der Waals surface area contributed by atoms with Gasteiger partial charge < -0.3 is 19.9 Å². The van der Waals surface area contributed by atoms with Gasteiger partial charge in [-0.2, -0.15) is 0 Å². The summed E-state index contributed by atoms with van der Waals surface area (Å²) < 4.78 is 6.29. The maximum absolute atomic E-state index is 13.3. The molecule has 1 N–H and O–H groups in total. The first kappa shape index (κ1) is 22.4. The van der Waals surface area contributed by atoms with Crippen molar-refractivity contribution in [1.82, 2.24) is 15.3 Å². The summed E-state index contributed by atoms with van der Waals surface area (Å²) in [6.45, 7) is 4.49. The zero-order valence-electron chi connectivity index (χ0n) is 18.7. The number of rotatable bonds is 8. The highest BCUT2D eigenvalue weighted by Gasteiger charge is 2.27. The van der Waals surface area contributed by atoms with Crippen molar-refractivity contribution >= 4 is 28.7 Å². The summed E-state index contributed by atoms with van der Waals surface area (Å²) in [4.78, 5) is 27.1. The smallest absolute Gasteiger partial charge is 0.263 e. The van der Waals surface area contributed by atoms with Crippen LogP contribution >= 0.6 is 11.3 Å². The maximum Gasteiger partial charge on any atom is 0.263 e. The summed E-state index contributed by atoms with van der Waals surface area (Å²) in [5.74, 6) is 1.27. The third-order valence-electron chi connectivity index (χ3n) is 5.58. The van der Waals surface area contributed by atoms with Gasteiger partial charge in [0.2, 0.25) is 0 Å². The fraction of sp³-hybridized carbons (Fsp3) is 0.375. The molecule has 32 heavy (non-hydrogen) atoms. The van der Waals surface area contributed by atoms with Crippen molar-refractivity contribution in [3.8, 4) is 0 Å². The Hall–Kier alpha value is -2.81. The molecule has 0 fully saturated rings. The molecule has 1 atom stereocenters. The topological polar surface area (TPSA) is 70.6 Å². The summed E-state index contributed by atoms with van der Waals surface area (Å²) in [6.07, 6.45) is 2.59. The summed E-state index contributed by atoms with van der Waals surface area (Å²) >= 11 is 1.72. The van der Waals surface area contributed by atoms with E-state index >= 15 is 0 Å². The number of hydrogen-bond acceptors (Lipinski definition) is 7. The SMILES string of the molecule is CNCC[C@@H](OCc1cccc(N2CCN(C)c3nc(C)ncc3C2=O)c1)c1cccs1. The monoisotopic (exact) mass is 451 g/mol. The molecular weight excluding hydrogens is 422 g/mol. The Labute approximate surface area is 193 Å². The first-order valence-corrected chi connectivity index (χ1v) is 11.7. The summed E-state index contributed by atoms with van der Waals surface area (Å²) in [6, 6.07) is 12.2. The van der Waals surface area contributed by atoms with Gasteiger partial charge in [0, 0.05) is 36.9 Å². The molecular formula is C24H29N5O2S. The summed E-state index contributed by atoms with van der Waals surface area (Å²) in [5.41, 5.74) is 2.43. The lowest BCUT2D eigenvalue weighted by molar-refractivity contribution is 0.0367. The Bertz CT molecular complexity index is 1060. The van der Waals surface area contributed by atoms with Crippen LogP contribution in [0.3, 0.4) is 0 Å². The van der Waals surface area contributed by atoms with Crippen LogP contribution in [0.15, 0.2) is 48.0 Å². The van der Waals surface area contributed by atoms with Crippen LogP contribution in [0.4, 0.5) is 11.5 Å². The van der Waals surface area contributed by atoms with Crippen molar-refractivity contribution in [3.63, 3.8) is 0 Å². The highest BCUT2D eigenvalue weighted by molar-refractivity contribution is 7.10. The van der Waals surface area contributed by atoms with Crippen LogP contribution in [-0.2, 0) is 11.3 Å². The lowest BCUT2D eigenvalue weighted by Gasteiger charge is -2.22. The molecule has 1 aliphatic rings. The average Bonchev–Trinajstić information content (AvgIpc) is 3.30. The summed E-state index contributed by atoms with van der Waals surface area (Å²) in [7, 11) is 3.91. The van der Waals surface area contributed by atoms with E-state index < -0.39 is 0 Å². The normalized spacial score (nSPS) is 14.9. The summed E-state index contributed by atoms with van der Waals surface area (Å²) in [5, 5.41) is 5.28. The first-order chi connectivity index (χ1) is 15.6.